The zero-order valence-corrected chi connectivity index (χ0v) is 20.6. The summed E-state index contributed by atoms with van der Waals surface area (Å²) in [5.41, 5.74) is 1.96. The molecular weight excluding hydrogens is 414 g/mol. The lowest BCUT2D eigenvalue weighted by Crippen LogP contribution is -2.55. The number of carbonyl (C=O) groups excluding carboxylic acids is 1. The predicted octanol–water partition coefficient (Wildman–Crippen LogP) is 5.10. The Labute approximate surface area is 198 Å². The van der Waals surface area contributed by atoms with Crippen LogP contribution in [0.4, 0.5) is 0 Å². The standard InChI is InChI=1S/C28H41NO4/c1-19-7-11-24-27(2,3)25(31)13-14-28(24,4)22(19)18-33-21-10-8-20(23(30)17-21)9-12-26(32)29-15-5-6-16-29/h8,10,17,22,24-25,30-31H,1,5-7,9,11-16,18H2,2-4H3/t22-,24?,25-,28+/m1/s1. The molecule has 2 N–H and O–H groups in total. The Morgan fingerprint density at radius 2 is 1.94 bits per heavy atom. The number of aryl methyl sites for hydroxylation is 1. The molecule has 33 heavy (non-hydrogen) atoms. The van der Waals surface area contributed by atoms with E-state index >= 15 is 0 Å². The maximum absolute atomic E-state index is 12.3. The minimum Gasteiger partial charge on any atom is -0.508 e. The number of hydrogen-bond acceptors (Lipinski definition) is 4. The lowest BCUT2D eigenvalue weighted by molar-refractivity contribution is -0.130. The van der Waals surface area contributed by atoms with Gasteiger partial charge in [-0.05, 0) is 73.3 Å². The predicted molar refractivity (Wildman–Crippen MR) is 130 cm³/mol. The van der Waals surface area contributed by atoms with E-state index in [1.807, 2.05) is 17.0 Å². The van der Waals surface area contributed by atoms with Gasteiger partial charge in [-0.25, -0.2) is 0 Å². The van der Waals surface area contributed by atoms with Gasteiger partial charge in [0.2, 0.25) is 5.91 Å². The summed E-state index contributed by atoms with van der Waals surface area (Å²) in [4.78, 5) is 14.2. The molecule has 1 saturated heterocycles. The minimum atomic E-state index is -0.259. The van der Waals surface area contributed by atoms with E-state index in [9.17, 15) is 15.0 Å². The van der Waals surface area contributed by atoms with Crippen molar-refractivity contribution >= 4 is 5.91 Å². The molecule has 2 saturated carbocycles. The maximum Gasteiger partial charge on any atom is 0.222 e. The molecule has 5 heteroatoms. The first-order valence-corrected chi connectivity index (χ1v) is 12.7. The lowest BCUT2D eigenvalue weighted by Gasteiger charge is -2.59. The number of amides is 1. The second-order valence-corrected chi connectivity index (χ2v) is 11.4. The van der Waals surface area contributed by atoms with Crippen molar-refractivity contribution < 1.29 is 19.7 Å². The highest BCUT2D eigenvalue weighted by molar-refractivity contribution is 5.76. The SMILES string of the molecule is C=C1CCC2C(C)(C)[C@H](O)CC[C@@]2(C)[C@@H]1COc1ccc(CCC(=O)N2CCCC2)c(O)c1. The number of aliphatic hydroxyl groups excluding tert-OH is 1. The van der Waals surface area contributed by atoms with Gasteiger partial charge in [-0.1, -0.05) is 39.0 Å². The van der Waals surface area contributed by atoms with Crippen molar-refractivity contribution in [2.75, 3.05) is 19.7 Å². The van der Waals surface area contributed by atoms with Crippen LogP contribution < -0.4 is 4.74 Å². The van der Waals surface area contributed by atoms with E-state index in [0.29, 0.717) is 31.1 Å². The van der Waals surface area contributed by atoms with Gasteiger partial charge in [-0.2, -0.15) is 0 Å². The van der Waals surface area contributed by atoms with Crippen molar-refractivity contribution in [3.05, 3.63) is 35.9 Å². The Balaban J connectivity index is 1.39. The number of likely N-dealkylation sites (tertiary alicyclic amines) is 1. The van der Waals surface area contributed by atoms with Gasteiger partial charge in [0.15, 0.2) is 0 Å². The highest BCUT2D eigenvalue weighted by Crippen LogP contribution is 2.60. The van der Waals surface area contributed by atoms with Crippen molar-refractivity contribution in [1.82, 2.24) is 4.90 Å². The van der Waals surface area contributed by atoms with Gasteiger partial charge in [0.1, 0.15) is 11.5 Å². The zero-order valence-electron chi connectivity index (χ0n) is 20.6. The highest BCUT2D eigenvalue weighted by Gasteiger charge is 2.56. The third-order valence-electron chi connectivity index (χ3n) is 9.09. The Morgan fingerprint density at radius 3 is 2.64 bits per heavy atom. The van der Waals surface area contributed by atoms with Crippen molar-refractivity contribution in [2.45, 2.75) is 78.2 Å². The molecule has 2 aliphatic carbocycles. The van der Waals surface area contributed by atoms with Crippen LogP contribution in [-0.4, -0.2) is 46.8 Å². The molecule has 0 bridgehead atoms. The molecule has 0 aromatic heterocycles. The van der Waals surface area contributed by atoms with Crippen LogP contribution in [0.5, 0.6) is 11.5 Å². The van der Waals surface area contributed by atoms with E-state index < -0.39 is 0 Å². The number of nitrogens with zero attached hydrogens (tertiary/aromatic N) is 1. The third kappa shape index (κ3) is 4.66. The first-order chi connectivity index (χ1) is 15.6. The number of fused-ring (bicyclic) bond motifs is 1. The van der Waals surface area contributed by atoms with Gasteiger partial charge < -0.3 is 19.8 Å². The summed E-state index contributed by atoms with van der Waals surface area (Å²) < 4.78 is 6.21. The number of phenols is 1. The number of aliphatic hydroxyl groups is 1. The Kier molecular flexibility index (Phi) is 6.82. The molecule has 1 aliphatic heterocycles. The summed E-state index contributed by atoms with van der Waals surface area (Å²) >= 11 is 0. The number of carbonyl (C=O) groups is 1. The smallest absolute Gasteiger partial charge is 0.222 e. The normalized spacial score (nSPS) is 31.3. The molecule has 1 unspecified atom stereocenters. The molecule has 0 radical (unpaired) electrons. The summed E-state index contributed by atoms with van der Waals surface area (Å²) in [7, 11) is 0. The van der Waals surface area contributed by atoms with E-state index in [0.717, 1.165) is 57.2 Å². The topological polar surface area (TPSA) is 70.0 Å². The van der Waals surface area contributed by atoms with Gasteiger partial charge in [0.25, 0.3) is 0 Å². The Morgan fingerprint density at radius 1 is 1.21 bits per heavy atom. The van der Waals surface area contributed by atoms with E-state index in [1.165, 1.54) is 5.57 Å². The molecule has 3 aliphatic rings. The first-order valence-electron chi connectivity index (χ1n) is 12.7. The second-order valence-electron chi connectivity index (χ2n) is 11.4. The summed E-state index contributed by atoms with van der Waals surface area (Å²) in [6, 6.07) is 5.45. The molecule has 3 fully saturated rings. The number of benzene rings is 1. The fourth-order valence-electron chi connectivity index (χ4n) is 6.86. The van der Waals surface area contributed by atoms with Crippen LogP contribution >= 0.6 is 0 Å². The minimum absolute atomic E-state index is 0.0516. The summed E-state index contributed by atoms with van der Waals surface area (Å²) in [6.07, 6.45) is 6.73. The van der Waals surface area contributed by atoms with Gasteiger partial charge in [-0.3, -0.25) is 4.79 Å². The molecule has 4 rings (SSSR count). The molecule has 5 nitrogen and oxygen atoms in total. The fourth-order valence-corrected chi connectivity index (χ4v) is 6.86. The van der Waals surface area contributed by atoms with Gasteiger partial charge in [0.05, 0.1) is 12.7 Å². The Hall–Kier alpha value is -2.01. The highest BCUT2D eigenvalue weighted by atomic mass is 16.5. The quantitative estimate of drug-likeness (QED) is 0.586. The average molecular weight is 456 g/mol. The van der Waals surface area contributed by atoms with Crippen molar-refractivity contribution in [3.63, 3.8) is 0 Å². The van der Waals surface area contributed by atoms with Crippen LogP contribution in [0.2, 0.25) is 0 Å². The molecule has 4 atom stereocenters. The molecule has 1 amide bonds. The lowest BCUT2D eigenvalue weighted by atomic mass is 9.47. The van der Waals surface area contributed by atoms with E-state index in [1.54, 1.807) is 6.07 Å². The zero-order chi connectivity index (χ0) is 23.8. The maximum atomic E-state index is 12.3. The molecule has 1 aromatic carbocycles. The Bertz CT molecular complexity index is 888. The number of hydrogen-bond donors (Lipinski definition) is 2. The number of rotatable bonds is 6. The van der Waals surface area contributed by atoms with E-state index in [2.05, 4.69) is 27.4 Å². The van der Waals surface area contributed by atoms with Crippen molar-refractivity contribution in [1.29, 1.82) is 0 Å². The fraction of sp³-hybridized carbons (Fsp3) is 0.679. The van der Waals surface area contributed by atoms with E-state index in [-0.39, 0.29) is 34.5 Å². The van der Waals surface area contributed by atoms with Crippen LogP contribution in [0.3, 0.4) is 0 Å². The number of aromatic hydroxyl groups is 1. The summed E-state index contributed by atoms with van der Waals surface area (Å²) in [5.74, 6) is 1.66. The second kappa shape index (κ2) is 9.32. The average Bonchev–Trinajstić information content (AvgIpc) is 3.30. The molecular formula is C28H41NO4. The van der Waals surface area contributed by atoms with Crippen LogP contribution in [0.1, 0.15) is 71.3 Å². The van der Waals surface area contributed by atoms with Crippen LogP contribution in [0.15, 0.2) is 30.4 Å². The summed E-state index contributed by atoms with van der Waals surface area (Å²) in [5, 5.41) is 21.2. The van der Waals surface area contributed by atoms with Gasteiger partial charge in [-0.15, -0.1) is 0 Å². The van der Waals surface area contributed by atoms with Crippen LogP contribution in [0, 0.1) is 22.7 Å². The van der Waals surface area contributed by atoms with Crippen LogP contribution in [0.25, 0.3) is 0 Å². The van der Waals surface area contributed by atoms with Crippen LogP contribution in [-0.2, 0) is 11.2 Å². The van der Waals surface area contributed by atoms with Gasteiger partial charge in [0, 0.05) is 31.5 Å². The number of ether oxygens (including phenoxy) is 1. The largest absolute Gasteiger partial charge is 0.508 e. The van der Waals surface area contributed by atoms with E-state index in [4.69, 9.17) is 4.74 Å². The van der Waals surface area contributed by atoms with Crippen molar-refractivity contribution in [3.8, 4) is 11.5 Å². The third-order valence-corrected chi connectivity index (χ3v) is 9.09. The monoisotopic (exact) mass is 455 g/mol. The molecule has 1 heterocycles. The number of phenolic OH excluding ortho intramolecular Hbond substituents is 1. The molecule has 182 valence electrons. The van der Waals surface area contributed by atoms with Crippen molar-refractivity contribution in [2.24, 2.45) is 22.7 Å². The molecule has 1 aromatic rings. The summed E-state index contributed by atoms with van der Waals surface area (Å²) in [6.45, 7) is 13.4. The molecule has 0 spiro atoms. The van der Waals surface area contributed by atoms with Gasteiger partial charge >= 0.3 is 0 Å². The first kappa shape index (κ1) is 24.1.